The summed E-state index contributed by atoms with van der Waals surface area (Å²) in [5.41, 5.74) is 1.18. The van der Waals surface area contributed by atoms with Crippen LogP contribution in [0.15, 0.2) is 30.5 Å². The number of β-lactam (4-membered cyclic amide) rings is 1. The molecule has 2 fully saturated rings. The van der Waals surface area contributed by atoms with Crippen LogP contribution in [0.4, 0.5) is 5.69 Å². The van der Waals surface area contributed by atoms with Crippen molar-refractivity contribution in [2.24, 2.45) is 0 Å². The van der Waals surface area contributed by atoms with Gasteiger partial charge >= 0.3 is 5.97 Å². The SMILES string of the molecule is CC1(C)S[C@@H]2C(NC(=O)Cc3ccccc3NC(=O)c3cnc4c(c3O)C(=O)CCC4)C(=O)N2[C@H]1C(=O)O. The predicted octanol–water partition coefficient (Wildman–Crippen LogP) is 1.73. The van der Waals surface area contributed by atoms with Crippen molar-refractivity contribution in [2.45, 2.75) is 61.7 Å². The Kier molecular flexibility index (Phi) is 6.38. The van der Waals surface area contributed by atoms with E-state index in [1.807, 2.05) is 0 Å². The van der Waals surface area contributed by atoms with Gasteiger partial charge in [0.15, 0.2) is 5.78 Å². The fourth-order valence-corrected chi connectivity index (χ4v) is 6.88. The average molecular weight is 539 g/mol. The number of aryl methyl sites for hydroxylation is 1. The van der Waals surface area contributed by atoms with Crippen molar-refractivity contribution in [3.05, 3.63) is 52.8 Å². The number of anilines is 1. The topological polar surface area (TPSA) is 166 Å². The molecule has 2 aromatic rings. The Bertz CT molecular complexity index is 1390. The maximum absolute atomic E-state index is 13.0. The maximum atomic E-state index is 13.0. The number of benzene rings is 1. The number of para-hydroxylation sites is 1. The van der Waals surface area contributed by atoms with Crippen LogP contribution in [0.25, 0.3) is 0 Å². The molecule has 0 spiro atoms. The number of nitrogens with one attached hydrogen (secondary N) is 2. The Morgan fingerprint density at radius 1 is 1.18 bits per heavy atom. The number of nitrogens with zero attached hydrogens (tertiary/aromatic N) is 2. The molecule has 1 unspecified atom stereocenters. The number of thioether (sulfide) groups is 1. The van der Waals surface area contributed by atoms with E-state index in [9.17, 15) is 34.2 Å². The highest BCUT2D eigenvalue weighted by Crippen LogP contribution is 2.50. The van der Waals surface area contributed by atoms with E-state index in [0.717, 1.165) is 0 Å². The summed E-state index contributed by atoms with van der Waals surface area (Å²) in [4.78, 5) is 68.0. The first-order valence-electron chi connectivity index (χ1n) is 12.1. The molecule has 12 heteroatoms. The number of Topliss-reactive ketones (excluding diaryl/α,β-unsaturated/α-hetero) is 1. The number of hydrogen-bond acceptors (Lipinski definition) is 8. The van der Waals surface area contributed by atoms with Crippen LogP contribution >= 0.6 is 11.8 Å². The molecule has 0 bridgehead atoms. The van der Waals surface area contributed by atoms with Crippen molar-refractivity contribution >= 4 is 46.9 Å². The Balaban J connectivity index is 1.28. The van der Waals surface area contributed by atoms with Gasteiger partial charge in [-0.05, 0) is 38.3 Å². The number of pyridine rings is 1. The zero-order chi connectivity index (χ0) is 27.4. The first-order valence-corrected chi connectivity index (χ1v) is 13.0. The Morgan fingerprint density at radius 3 is 2.66 bits per heavy atom. The Labute approximate surface area is 222 Å². The summed E-state index contributed by atoms with van der Waals surface area (Å²) < 4.78 is -0.704. The molecule has 2 aliphatic heterocycles. The standard InChI is InChI=1S/C26H26N4O7S/c1-26(2)21(25(36)37)30-23(35)19(24(30)38-26)29-17(32)10-12-6-3-4-7-14(12)28-22(34)13-11-27-15-8-5-9-16(31)18(15)20(13)33/h3-4,6-7,11,19,21,24H,5,8-10H2,1-2H3,(H,27,33)(H,28,34)(H,29,32)(H,36,37)/t19?,21-,24+/m0/s1. The number of ketones is 1. The van der Waals surface area contributed by atoms with Gasteiger partial charge in [0.1, 0.15) is 28.8 Å². The normalized spacial score (nSPS) is 23.2. The van der Waals surface area contributed by atoms with Crippen LogP contribution in [0.5, 0.6) is 5.75 Å². The molecule has 0 saturated carbocycles. The molecule has 4 N–H and O–H groups in total. The van der Waals surface area contributed by atoms with E-state index in [1.165, 1.54) is 22.9 Å². The van der Waals surface area contributed by atoms with Gasteiger partial charge in [0.25, 0.3) is 5.91 Å². The average Bonchev–Trinajstić information content (AvgIpc) is 3.12. The van der Waals surface area contributed by atoms with Gasteiger partial charge in [-0.25, -0.2) is 4.79 Å². The van der Waals surface area contributed by atoms with Crippen LogP contribution in [0.2, 0.25) is 0 Å². The minimum absolute atomic E-state index is 0.0777. The maximum Gasteiger partial charge on any atom is 0.327 e. The second-order valence-corrected chi connectivity index (χ2v) is 11.8. The second kappa shape index (κ2) is 9.43. The van der Waals surface area contributed by atoms with Gasteiger partial charge in [-0.3, -0.25) is 24.2 Å². The van der Waals surface area contributed by atoms with Crippen LogP contribution in [-0.4, -0.2) is 71.8 Å². The monoisotopic (exact) mass is 538 g/mol. The summed E-state index contributed by atoms with van der Waals surface area (Å²) in [6, 6.07) is 4.79. The van der Waals surface area contributed by atoms with Crippen LogP contribution in [0, 0.1) is 0 Å². The summed E-state index contributed by atoms with van der Waals surface area (Å²) in [6.07, 6.45) is 2.54. The quantitative estimate of drug-likeness (QED) is 0.401. The molecule has 38 heavy (non-hydrogen) atoms. The molecule has 3 heterocycles. The minimum atomic E-state index is -1.09. The van der Waals surface area contributed by atoms with E-state index in [2.05, 4.69) is 15.6 Å². The largest absolute Gasteiger partial charge is 0.506 e. The number of carbonyl (C=O) groups is 5. The predicted molar refractivity (Wildman–Crippen MR) is 137 cm³/mol. The van der Waals surface area contributed by atoms with Gasteiger partial charge < -0.3 is 25.7 Å². The van der Waals surface area contributed by atoms with E-state index in [-0.39, 0.29) is 29.8 Å². The lowest BCUT2D eigenvalue weighted by molar-refractivity contribution is -0.161. The molecule has 3 atom stereocenters. The molecular formula is C26H26N4O7S. The molecule has 1 aromatic carbocycles. The van der Waals surface area contributed by atoms with Crippen molar-refractivity contribution in [1.29, 1.82) is 0 Å². The van der Waals surface area contributed by atoms with Crippen molar-refractivity contribution in [3.63, 3.8) is 0 Å². The van der Waals surface area contributed by atoms with Gasteiger partial charge in [0.05, 0.1) is 17.7 Å². The molecular weight excluding hydrogens is 512 g/mol. The van der Waals surface area contributed by atoms with Crippen LogP contribution < -0.4 is 10.6 Å². The lowest BCUT2D eigenvalue weighted by Crippen LogP contribution is -2.70. The van der Waals surface area contributed by atoms with E-state index in [0.29, 0.717) is 29.8 Å². The van der Waals surface area contributed by atoms with Crippen LogP contribution in [0.1, 0.15) is 58.7 Å². The van der Waals surface area contributed by atoms with Crippen molar-refractivity contribution in [2.75, 3.05) is 5.32 Å². The Morgan fingerprint density at radius 2 is 1.92 bits per heavy atom. The summed E-state index contributed by atoms with van der Waals surface area (Å²) >= 11 is 1.33. The second-order valence-electron chi connectivity index (χ2n) is 10.1. The number of aromatic nitrogens is 1. The molecule has 198 valence electrons. The van der Waals surface area contributed by atoms with Crippen molar-refractivity contribution < 1.29 is 34.2 Å². The molecule has 0 radical (unpaired) electrons. The number of hydrogen-bond donors (Lipinski definition) is 4. The zero-order valence-electron chi connectivity index (χ0n) is 20.7. The number of fused-ring (bicyclic) bond motifs is 2. The molecule has 5 rings (SSSR count). The smallest absolute Gasteiger partial charge is 0.327 e. The van der Waals surface area contributed by atoms with Crippen molar-refractivity contribution in [1.82, 2.24) is 15.2 Å². The fraction of sp³-hybridized carbons (Fsp3) is 0.385. The summed E-state index contributed by atoms with van der Waals surface area (Å²) in [5, 5.41) is 25.1. The third kappa shape index (κ3) is 4.28. The molecule has 1 aliphatic carbocycles. The highest BCUT2D eigenvalue weighted by molar-refractivity contribution is 8.01. The van der Waals surface area contributed by atoms with Gasteiger partial charge in [-0.2, -0.15) is 0 Å². The van der Waals surface area contributed by atoms with Crippen LogP contribution in [0.3, 0.4) is 0 Å². The van der Waals surface area contributed by atoms with Gasteiger partial charge in [0.2, 0.25) is 11.8 Å². The van der Waals surface area contributed by atoms with Crippen LogP contribution in [-0.2, 0) is 27.2 Å². The van der Waals surface area contributed by atoms with Gasteiger partial charge in [-0.1, -0.05) is 18.2 Å². The lowest BCUT2D eigenvalue weighted by Gasteiger charge is -2.43. The Hall–Kier alpha value is -3.93. The van der Waals surface area contributed by atoms with E-state index >= 15 is 0 Å². The van der Waals surface area contributed by atoms with Gasteiger partial charge in [0, 0.05) is 23.1 Å². The zero-order valence-corrected chi connectivity index (χ0v) is 21.5. The number of aliphatic carboxylic acids is 1. The van der Waals surface area contributed by atoms with E-state index in [1.54, 1.807) is 38.1 Å². The lowest BCUT2D eigenvalue weighted by atomic mass is 9.92. The van der Waals surface area contributed by atoms with Gasteiger partial charge in [-0.15, -0.1) is 11.8 Å². The number of rotatable bonds is 6. The van der Waals surface area contributed by atoms with Crippen molar-refractivity contribution in [3.8, 4) is 5.75 Å². The fourth-order valence-electron chi connectivity index (χ4n) is 5.26. The number of carboxylic acid groups (broad SMARTS) is 1. The first kappa shape index (κ1) is 25.7. The third-order valence-corrected chi connectivity index (χ3v) is 8.65. The summed E-state index contributed by atoms with van der Waals surface area (Å²) in [6.45, 7) is 3.51. The van der Waals surface area contributed by atoms with E-state index in [4.69, 9.17) is 0 Å². The first-order chi connectivity index (χ1) is 18.0. The summed E-state index contributed by atoms with van der Waals surface area (Å²) in [5.74, 6) is -3.34. The highest BCUT2D eigenvalue weighted by atomic mass is 32.2. The number of amides is 3. The molecule has 3 aliphatic rings. The minimum Gasteiger partial charge on any atom is -0.506 e. The number of carbonyl (C=O) groups excluding carboxylic acids is 4. The summed E-state index contributed by atoms with van der Waals surface area (Å²) in [7, 11) is 0. The third-order valence-electron chi connectivity index (χ3n) is 7.08. The molecule has 11 nitrogen and oxygen atoms in total. The molecule has 2 saturated heterocycles. The highest BCUT2D eigenvalue weighted by Gasteiger charge is 2.64. The number of carboxylic acids is 1. The molecule has 3 amide bonds. The molecule has 1 aromatic heterocycles. The number of aromatic hydroxyl groups is 1. The van der Waals surface area contributed by atoms with E-state index < -0.39 is 51.6 Å².